The number of allylic oxidation sites excluding steroid dienone is 2. The number of thioether (sulfide) groups is 1. The van der Waals surface area contributed by atoms with E-state index < -0.39 is 0 Å². The summed E-state index contributed by atoms with van der Waals surface area (Å²) in [4.78, 5) is 14.6. The van der Waals surface area contributed by atoms with Crippen LogP contribution < -0.4 is 0 Å². The first kappa shape index (κ1) is 12.3. The Hall–Kier alpha value is -0.730. The third-order valence-corrected chi connectivity index (χ3v) is 5.57. The van der Waals surface area contributed by atoms with E-state index in [1.807, 2.05) is 31.2 Å². The van der Waals surface area contributed by atoms with Crippen LogP contribution in [0, 0.1) is 11.8 Å². The molecule has 2 aliphatic carbocycles. The number of hydrogen-bond acceptors (Lipinski definition) is 2. The lowest BCUT2D eigenvalue weighted by atomic mass is 9.89. The van der Waals surface area contributed by atoms with Crippen molar-refractivity contribution in [3.8, 4) is 0 Å². The molecule has 0 aliphatic heterocycles. The lowest BCUT2D eigenvalue weighted by Crippen LogP contribution is -2.19. The molecule has 1 saturated carbocycles. The fourth-order valence-corrected chi connectivity index (χ4v) is 4.27. The molecule has 1 aromatic rings. The predicted octanol–water partition coefficient (Wildman–Crippen LogP) is 4.71. The van der Waals surface area contributed by atoms with Crippen molar-refractivity contribution in [3.05, 3.63) is 39.8 Å². The fraction of sp³-hybridized carbons (Fsp3) is 0.400. The molecule has 0 spiro atoms. The molecule has 1 nitrogen and oxygen atoms in total. The molecule has 2 atom stereocenters. The summed E-state index contributed by atoms with van der Waals surface area (Å²) in [6, 6.07) is 7.86. The van der Waals surface area contributed by atoms with E-state index in [2.05, 4.69) is 0 Å². The molecule has 2 aliphatic rings. The van der Waals surface area contributed by atoms with Gasteiger partial charge in [0, 0.05) is 21.4 Å². The Labute approximate surface area is 117 Å². The topological polar surface area (TPSA) is 17.1 Å². The van der Waals surface area contributed by atoms with E-state index in [9.17, 15) is 4.79 Å². The number of Topliss-reactive ketones (excluding diaryl/α,β-unsaturated/α-hetero) is 1. The summed E-state index contributed by atoms with van der Waals surface area (Å²) in [5.41, 5.74) is 0.994. The number of ketones is 1. The summed E-state index contributed by atoms with van der Waals surface area (Å²) in [6.07, 6.45) is 3.31. The number of carbonyl (C=O) groups excluding carboxylic acids is 1. The summed E-state index contributed by atoms with van der Waals surface area (Å²) >= 11 is 7.64. The molecule has 2 bridgehead atoms. The second kappa shape index (κ2) is 4.75. The van der Waals surface area contributed by atoms with Gasteiger partial charge in [-0.2, -0.15) is 0 Å². The maximum Gasteiger partial charge on any atom is 0.162 e. The number of carbonyl (C=O) groups is 1. The average Bonchev–Trinajstić information content (AvgIpc) is 2.81. The van der Waals surface area contributed by atoms with Crippen molar-refractivity contribution in [3.63, 3.8) is 0 Å². The van der Waals surface area contributed by atoms with Gasteiger partial charge in [0.1, 0.15) is 0 Å². The Morgan fingerprint density at radius 2 is 1.83 bits per heavy atom. The third kappa shape index (κ3) is 2.12. The Morgan fingerprint density at radius 3 is 2.56 bits per heavy atom. The highest BCUT2D eigenvalue weighted by atomic mass is 35.5. The highest BCUT2D eigenvalue weighted by Crippen LogP contribution is 2.49. The number of fused-ring (bicyclic) bond motifs is 2. The van der Waals surface area contributed by atoms with Crippen LogP contribution in [0.2, 0.25) is 5.02 Å². The van der Waals surface area contributed by atoms with E-state index in [1.165, 1.54) is 16.2 Å². The molecule has 0 saturated heterocycles. The molecule has 18 heavy (non-hydrogen) atoms. The van der Waals surface area contributed by atoms with E-state index in [0.29, 0.717) is 17.6 Å². The zero-order chi connectivity index (χ0) is 12.7. The summed E-state index contributed by atoms with van der Waals surface area (Å²) in [5, 5.41) is 0.755. The molecule has 0 radical (unpaired) electrons. The molecule has 1 fully saturated rings. The predicted molar refractivity (Wildman–Crippen MR) is 75.8 cm³/mol. The van der Waals surface area contributed by atoms with Gasteiger partial charge in [-0.25, -0.2) is 0 Å². The second-order valence-corrected chi connectivity index (χ2v) is 6.67. The molecule has 2 unspecified atom stereocenters. The lowest BCUT2D eigenvalue weighted by molar-refractivity contribution is -0.119. The van der Waals surface area contributed by atoms with Gasteiger partial charge >= 0.3 is 0 Å². The van der Waals surface area contributed by atoms with Gasteiger partial charge in [-0.15, -0.1) is 0 Å². The number of benzene rings is 1. The second-order valence-electron chi connectivity index (χ2n) is 5.12. The van der Waals surface area contributed by atoms with Crippen molar-refractivity contribution in [1.82, 2.24) is 0 Å². The third-order valence-electron chi connectivity index (χ3n) is 3.95. The quantitative estimate of drug-likeness (QED) is 0.780. The maximum atomic E-state index is 12.1. The summed E-state index contributed by atoms with van der Waals surface area (Å²) < 4.78 is 0. The zero-order valence-electron chi connectivity index (χ0n) is 10.3. The Balaban J connectivity index is 1.89. The molecule has 0 amide bonds. The van der Waals surface area contributed by atoms with Crippen LogP contribution in [0.3, 0.4) is 0 Å². The van der Waals surface area contributed by atoms with Crippen molar-refractivity contribution in [2.24, 2.45) is 11.8 Å². The molecule has 0 heterocycles. The number of halogens is 1. The van der Waals surface area contributed by atoms with Gasteiger partial charge in [-0.3, -0.25) is 4.79 Å². The van der Waals surface area contributed by atoms with Gasteiger partial charge < -0.3 is 0 Å². The van der Waals surface area contributed by atoms with E-state index in [4.69, 9.17) is 11.6 Å². The first-order valence-corrected chi connectivity index (χ1v) is 7.53. The van der Waals surface area contributed by atoms with Crippen molar-refractivity contribution in [1.29, 1.82) is 0 Å². The van der Waals surface area contributed by atoms with Crippen LogP contribution in [0.5, 0.6) is 0 Å². The van der Waals surface area contributed by atoms with Gasteiger partial charge in [-0.1, -0.05) is 23.4 Å². The molecule has 3 heteroatoms. The van der Waals surface area contributed by atoms with Crippen LogP contribution in [-0.2, 0) is 4.79 Å². The monoisotopic (exact) mass is 278 g/mol. The molecule has 3 rings (SSSR count). The number of rotatable bonds is 2. The van der Waals surface area contributed by atoms with Gasteiger partial charge in [0.2, 0.25) is 0 Å². The molecular weight excluding hydrogens is 264 g/mol. The van der Waals surface area contributed by atoms with Crippen LogP contribution in [0.4, 0.5) is 0 Å². The minimum atomic E-state index is 0.310. The smallest absolute Gasteiger partial charge is 0.162 e. The first-order chi connectivity index (χ1) is 8.65. The molecule has 94 valence electrons. The largest absolute Gasteiger partial charge is 0.294 e. The van der Waals surface area contributed by atoms with Crippen LogP contribution in [0.15, 0.2) is 39.6 Å². The van der Waals surface area contributed by atoms with Gasteiger partial charge in [0.05, 0.1) is 0 Å². The Morgan fingerprint density at radius 1 is 1.17 bits per heavy atom. The van der Waals surface area contributed by atoms with Crippen LogP contribution in [0.1, 0.15) is 26.2 Å². The SMILES string of the molecule is CC1=C(Sc2ccc(Cl)cc2)C2CCC(C2)C1=O. The molecule has 0 N–H and O–H groups in total. The summed E-state index contributed by atoms with van der Waals surface area (Å²) in [5.74, 6) is 1.29. The first-order valence-electron chi connectivity index (χ1n) is 6.33. The van der Waals surface area contributed by atoms with Crippen LogP contribution in [-0.4, -0.2) is 5.78 Å². The molecular formula is C15H15ClOS. The average molecular weight is 279 g/mol. The fourth-order valence-electron chi connectivity index (χ4n) is 2.98. The minimum absolute atomic E-state index is 0.310. The maximum absolute atomic E-state index is 12.1. The van der Waals surface area contributed by atoms with E-state index in [-0.39, 0.29) is 0 Å². The van der Waals surface area contributed by atoms with Crippen molar-refractivity contribution >= 4 is 29.1 Å². The standard InChI is InChI=1S/C15H15ClOS/c1-9-14(17)10-2-3-11(8-10)15(9)18-13-6-4-12(16)5-7-13/h4-7,10-11H,2-3,8H2,1H3. The summed E-state index contributed by atoms with van der Waals surface area (Å²) in [6.45, 7) is 1.99. The number of hydrogen-bond donors (Lipinski definition) is 0. The molecule has 0 aromatic heterocycles. The Bertz CT molecular complexity index is 518. The normalized spacial score (nSPS) is 26.9. The van der Waals surface area contributed by atoms with Crippen molar-refractivity contribution < 1.29 is 4.79 Å². The van der Waals surface area contributed by atoms with Gasteiger partial charge in [0.25, 0.3) is 0 Å². The molecule has 1 aromatic carbocycles. The van der Waals surface area contributed by atoms with Gasteiger partial charge in [0.15, 0.2) is 5.78 Å². The minimum Gasteiger partial charge on any atom is -0.294 e. The highest BCUT2D eigenvalue weighted by molar-refractivity contribution is 8.03. The Kier molecular flexibility index (Phi) is 3.25. The van der Waals surface area contributed by atoms with Crippen molar-refractivity contribution in [2.45, 2.75) is 31.1 Å². The van der Waals surface area contributed by atoms with Crippen LogP contribution >= 0.6 is 23.4 Å². The lowest BCUT2D eigenvalue weighted by Gasteiger charge is -2.23. The van der Waals surface area contributed by atoms with Crippen molar-refractivity contribution in [2.75, 3.05) is 0 Å². The van der Waals surface area contributed by atoms with Crippen LogP contribution in [0.25, 0.3) is 0 Å². The summed E-state index contributed by atoms with van der Waals surface area (Å²) in [7, 11) is 0. The van der Waals surface area contributed by atoms with E-state index >= 15 is 0 Å². The van der Waals surface area contributed by atoms with E-state index in [1.54, 1.807) is 11.8 Å². The van der Waals surface area contributed by atoms with E-state index in [0.717, 1.165) is 23.4 Å². The zero-order valence-corrected chi connectivity index (χ0v) is 11.9. The van der Waals surface area contributed by atoms with Gasteiger partial charge in [-0.05, 0) is 61.3 Å². The highest BCUT2D eigenvalue weighted by Gasteiger charge is 2.39.